The zero-order chi connectivity index (χ0) is 15.1. The van der Waals surface area contributed by atoms with Gasteiger partial charge in [0.15, 0.2) is 0 Å². The molecule has 0 unspecified atom stereocenters. The molecule has 4 heteroatoms. The Morgan fingerprint density at radius 1 is 1.29 bits per heavy atom. The molecule has 1 saturated heterocycles. The van der Waals surface area contributed by atoms with Gasteiger partial charge in [0, 0.05) is 12.0 Å². The lowest BCUT2D eigenvalue weighted by atomic mass is 10.1. The number of carbonyl (C=O) groups excluding carboxylic acids is 1. The van der Waals surface area contributed by atoms with Crippen LogP contribution in [-0.4, -0.2) is 17.5 Å². The monoisotopic (exact) mass is 324 g/mol. The molecule has 2 nitrogen and oxygen atoms in total. The molecule has 0 atom stereocenters. The van der Waals surface area contributed by atoms with Gasteiger partial charge in [-0.25, -0.2) is 0 Å². The standard InChI is InChI=1S/C17H24O2S2/c1-13(2)7-5-10-16(18)19-15-9-4-3-8-14(15)17-20-11-6-12-21-17/h3-4,8-9,13,17H,5-7,10-12H2,1-2H3. The predicted molar refractivity (Wildman–Crippen MR) is 93.0 cm³/mol. The first-order chi connectivity index (χ1) is 10.2. The Bertz CT molecular complexity index is 454. The van der Waals surface area contributed by atoms with Crippen LogP contribution in [0.5, 0.6) is 5.75 Å². The fraction of sp³-hybridized carbons (Fsp3) is 0.588. The van der Waals surface area contributed by atoms with Gasteiger partial charge in [0.05, 0.1) is 4.58 Å². The van der Waals surface area contributed by atoms with Gasteiger partial charge in [-0.1, -0.05) is 38.5 Å². The van der Waals surface area contributed by atoms with Crippen molar-refractivity contribution in [3.8, 4) is 5.75 Å². The number of para-hydroxylation sites is 1. The zero-order valence-corrected chi connectivity index (χ0v) is 14.5. The summed E-state index contributed by atoms with van der Waals surface area (Å²) in [6.07, 6.45) is 3.76. The Labute approximate surface area is 136 Å². The highest BCUT2D eigenvalue weighted by Gasteiger charge is 2.21. The summed E-state index contributed by atoms with van der Waals surface area (Å²) in [5.74, 6) is 3.66. The summed E-state index contributed by atoms with van der Waals surface area (Å²) in [5.41, 5.74) is 1.16. The average Bonchev–Trinajstić information content (AvgIpc) is 2.48. The quantitative estimate of drug-likeness (QED) is 0.525. The van der Waals surface area contributed by atoms with Crippen molar-refractivity contribution >= 4 is 29.5 Å². The minimum atomic E-state index is -0.103. The molecule has 1 heterocycles. The molecule has 1 aliphatic heterocycles. The predicted octanol–water partition coefficient (Wildman–Crippen LogP) is 5.29. The highest BCUT2D eigenvalue weighted by Crippen LogP contribution is 2.46. The van der Waals surface area contributed by atoms with Crippen LogP contribution in [0.2, 0.25) is 0 Å². The average molecular weight is 325 g/mol. The lowest BCUT2D eigenvalue weighted by Crippen LogP contribution is -2.10. The largest absolute Gasteiger partial charge is 0.426 e. The zero-order valence-electron chi connectivity index (χ0n) is 12.8. The number of hydrogen-bond acceptors (Lipinski definition) is 4. The molecule has 0 saturated carbocycles. The Balaban J connectivity index is 1.94. The van der Waals surface area contributed by atoms with Gasteiger partial charge >= 0.3 is 5.97 Å². The lowest BCUT2D eigenvalue weighted by molar-refractivity contribution is -0.134. The smallest absolute Gasteiger partial charge is 0.311 e. The minimum Gasteiger partial charge on any atom is -0.426 e. The number of hydrogen-bond donors (Lipinski definition) is 0. The van der Waals surface area contributed by atoms with Crippen LogP contribution in [0.15, 0.2) is 24.3 Å². The van der Waals surface area contributed by atoms with Gasteiger partial charge in [0.25, 0.3) is 0 Å². The van der Waals surface area contributed by atoms with Crippen molar-refractivity contribution in [2.45, 2.75) is 44.1 Å². The van der Waals surface area contributed by atoms with Crippen LogP contribution >= 0.6 is 23.5 Å². The van der Waals surface area contributed by atoms with Crippen molar-refractivity contribution in [3.05, 3.63) is 29.8 Å². The molecule has 2 rings (SSSR count). The van der Waals surface area contributed by atoms with E-state index in [0.29, 0.717) is 16.9 Å². The number of benzene rings is 1. The van der Waals surface area contributed by atoms with E-state index in [1.807, 2.05) is 41.7 Å². The van der Waals surface area contributed by atoms with E-state index in [1.165, 1.54) is 17.9 Å². The highest BCUT2D eigenvalue weighted by atomic mass is 32.2. The van der Waals surface area contributed by atoms with E-state index < -0.39 is 0 Å². The Hall–Kier alpha value is -0.610. The Morgan fingerprint density at radius 3 is 2.71 bits per heavy atom. The maximum Gasteiger partial charge on any atom is 0.311 e. The molecule has 0 bridgehead atoms. The number of esters is 1. The van der Waals surface area contributed by atoms with Gasteiger partial charge in [-0.3, -0.25) is 4.79 Å². The van der Waals surface area contributed by atoms with Crippen LogP contribution in [0.3, 0.4) is 0 Å². The highest BCUT2D eigenvalue weighted by molar-refractivity contribution is 8.16. The summed E-state index contributed by atoms with van der Waals surface area (Å²) in [5, 5.41) is 0. The van der Waals surface area contributed by atoms with E-state index in [-0.39, 0.29) is 5.97 Å². The minimum absolute atomic E-state index is 0.103. The second-order valence-corrected chi connectivity index (χ2v) is 8.45. The fourth-order valence-electron chi connectivity index (χ4n) is 2.26. The molecule has 0 aromatic heterocycles. The van der Waals surface area contributed by atoms with Crippen LogP contribution in [0, 0.1) is 5.92 Å². The molecule has 1 aliphatic rings. The molecule has 1 aromatic carbocycles. The molecule has 0 aliphatic carbocycles. The third-order valence-electron chi connectivity index (χ3n) is 3.39. The van der Waals surface area contributed by atoms with E-state index in [9.17, 15) is 4.79 Å². The normalized spacial score (nSPS) is 16.1. The van der Waals surface area contributed by atoms with Gasteiger partial charge in [0.2, 0.25) is 0 Å². The number of rotatable bonds is 6. The van der Waals surface area contributed by atoms with Crippen molar-refractivity contribution in [3.63, 3.8) is 0 Å². The summed E-state index contributed by atoms with van der Waals surface area (Å²) in [6, 6.07) is 7.98. The van der Waals surface area contributed by atoms with Crippen LogP contribution in [0.25, 0.3) is 0 Å². The van der Waals surface area contributed by atoms with Crippen LogP contribution in [0.1, 0.15) is 49.7 Å². The Morgan fingerprint density at radius 2 is 2.00 bits per heavy atom. The number of carbonyl (C=O) groups is 1. The van der Waals surface area contributed by atoms with Gasteiger partial charge < -0.3 is 4.74 Å². The molecule has 116 valence electrons. The summed E-state index contributed by atoms with van der Waals surface area (Å²) in [6.45, 7) is 4.36. The first kappa shape index (κ1) is 16.8. The summed E-state index contributed by atoms with van der Waals surface area (Å²) in [4.78, 5) is 12.0. The molecule has 0 N–H and O–H groups in total. The van der Waals surface area contributed by atoms with Crippen molar-refractivity contribution in [2.75, 3.05) is 11.5 Å². The van der Waals surface area contributed by atoms with E-state index in [0.717, 1.165) is 24.2 Å². The second-order valence-electron chi connectivity index (χ2n) is 5.73. The van der Waals surface area contributed by atoms with Crippen molar-refractivity contribution < 1.29 is 9.53 Å². The lowest BCUT2D eigenvalue weighted by Gasteiger charge is -2.23. The van der Waals surface area contributed by atoms with Gasteiger partial charge in [-0.15, -0.1) is 23.5 Å². The first-order valence-electron chi connectivity index (χ1n) is 7.69. The summed E-state index contributed by atoms with van der Waals surface area (Å²) in [7, 11) is 0. The molecular weight excluding hydrogens is 300 g/mol. The Kier molecular flexibility index (Phi) is 6.97. The summed E-state index contributed by atoms with van der Waals surface area (Å²) >= 11 is 3.90. The SMILES string of the molecule is CC(C)CCCC(=O)Oc1ccccc1C1SCCCS1. The van der Waals surface area contributed by atoms with E-state index >= 15 is 0 Å². The van der Waals surface area contributed by atoms with Crippen molar-refractivity contribution in [1.29, 1.82) is 0 Å². The van der Waals surface area contributed by atoms with Crippen molar-refractivity contribution in [1.82, 2.24) is 0 Å². The summed E-state index contributed by atoms with van der Waals surface area (Å²) < 4.78 is 6.02. The molecule has 0 radical (unpaired) electrons. The molecule has 0 amide bonds. The van der Waals surface area contributed by atoms with E-state index in [4.69, 9.17) is 4.74 Å². The molecule has 1 aromatic rings. The van der Waals surface area contributed by atoms with Gasteiger partial charge in [0.1, 0.15) is 5.75 Å². The second kappa shape index (κ2) is 8.74. The molecule has 21 heavy (non-hydrogen) atoms. The van der Waals surface area contributed by atoms with Crippen LogP contribution in [0.4, 0.5) is 0 Å². The molecule has 1 fully saturated rings. The van der Waals surface area contributed by atoms with Crippen molar-refractivity contribution in [2.24, 2.45) is 5.92 Å². The number of thioether (sulfide) groups is 2. The first-order valence-corrected chi connectivity index (χ1v) is 9.79. The van der Waals surface area contributed by atoms with Crippen LogP contribution in [-0.2, 0) is 4.79 Å². The van der Waals surface area contributed by atoms with E-state index in [1.54, 1.807) is 0 Å². The maximum absolute atomic E-state index is 12.0. The third-order valence-corrected chi connectivity index (χ3v) is 6.36. The molecular formula is C17H24O2S2. The van der Waals surface area contributed by atoms with Gasteiger partial charge in [-0.2, -0.15) is 0 Å². The fourth-order valence-corrected chi connectivity index (χ4v) is 5.21. The molecule has 0 spiro atoms. The van der Waals surface area contributed by atoms with Gasteiger partial charge in [-0.05, 0) is 36.3 Å². The topological polar surface area (TPSA) is 26.3 Å². The van der Waals surface area contributed by atoms with Crippen LogP contribution < -0.4 is 4.74 Å². The maximum atomic E-state index is 12.0. The third kappa shape index (κ3) is 5.59. The van der Waals surface area contributed by atoms with E-state index in [2.05, 4.69) is 19.9 Å². The number of ether oxygens (including phenoxy) is 1.